The van der Waals surface area contributed by atoms with Crippen molar-refractivity contribution in [2.24, 2.45) is 5.14 Å². The number of carboxylic acid groups (broad SMARTS) is 1. The zero-order chi connectivity index (χ0) is 26.2. The van der Waals surface area contributed by atoms with Crippen LogP contribution in [-0.2, 0) is 21.2 Å². The number of nitrogens with zero attached hydrogens (tertiary/aromatic N) is 1. The highest BCUT2D eigenvalue weighted by Crippen LogP contribution is 2.32. The van der Waals surface area contributed by atoms with Crippen molar-refractivity contribution in [3.63, 3.8) is 0 Å². The lowest BCUT2D eigenvalue weighted by Gasteiger charge is -2.12. The van der Waals surface area contributed by atoms with Crippen LogP contribution >= 0.6 is 11.8 Å². The number of H-pyrrole nitrogens is 1. The second-order valence-electron chi connectivity index (χ2n) is 8.42. The Balaban J connectivity index is 1.58. The molecule has 9 nitrogen and oxygen atoms in total. The van der Waals surface area contributed by atoms with Crippen LogP contribution in [0.4, 0.5) is 0 Å². The number of aromatic nitrogens is 2. The summed E-state index contributed by atoms with van der Waals surface area (Å²) in [6.07, 6.45) is 0.217. The van der Waals surface area contributed by atoms with Gasteiger partial charge in [0.25, 0.3) is 5.56 Å². The van der Waals surface area contributed by atoms with E-state index in [0.717, 1.165) is 16.7 Å². The maximum Gasteiger partial charge on any atom is 0.352 e. The van der Waals surface area contributed by atoms with E-state index in [1.807, 2.05) is 54.6 Å². The van der Waals surface area contributed by atoms with Gasteiger partial charge in [-0.25, -0.2) is 23.0 Å². The van der Waals surface area contributed by atoms with Gasteiger partial charge in [0.15, 0.2) is 5.50 Å². The zero-order valence-corrected chi connectivity index (χ0v) is 20.9. The predicted octanol–water partition coefficient (Wildman–Crippen LogP) is 3.47. The number of thioether (sulfide) groups is 1. The molecule has 0 bridgehead atoms. The van der Waals surface area contributed by atoms with Crippen LogP contribution in [0.25, 0.3) is 22.4 Å². The smallest absolute Gasteiger partial charge is 0.352 e. The molecule has 4 aromatic rings. The molecule has 0 radical (unpaired) electrons. The lowest BCUT2D eigenvalue weighted by atomic mass is 9.98. The number of nitrogens with one attached hydrogen (secondary N) is 2. The molecule has 0 amide bonds. The highest BCUT2D eigenvalue weighted by Gasteiger charge is 2.27. The predicted molar refractivity (Wildman–Crippen MR) is 142 cm³/mol. The summed E-state index contributed by atoms with van der Waals surface area (Å²) >= 11 is 1.17. The first-order valence-corrected chi connectivity index (χ1v) is 13.7. The second kappa shape index (κ2) is 9.77. The average Bonchev–Trinajstić information content (AvgIpc) is 3.50. The minimum absolute atomic E-state index is 0.00394. The summed E-state index contributed by atoms with van der Waals surface area (Å²) in [7, 11) is -3.84. The van der Waals surface area contributed by atoms with Crippen LogP contribution in [0.5, 0.6) is 0 Å². The number of rotatable bonds is 7. The SMILES string of the molecule is NS(=O)(=O)c1ccc(Cc2c(-c3cccc(-c4ccccc4)c3)[nH]n(C3NC(C(=O)O)=CS3)c2=O)cc1. The van der Waals surface area contributed by atoms with Crippen molar-refractivity contribution >= 4 is 27.8 Å². The molecule has 3 aromatic carbocycles. The van der Waals surface area contributed by atoms with E-state index in [9.17, 15) is 23.1 Å². The summed E-state index contributed by atoms with van der Waals surface area (Å²) in [5, 5.41) is 22.0. The van der Waals surface area contributed by atoms with Crippen LogP contribution in [0.15, 0.2) is 99.7 Å². The number of aliphatic carboxylic acids is 1. The first-order chi connectivity index (χ1) is 17.7. The standard InChI is InChI=1S/C26H22N4O5S2/c27-37(34,35)20-11-9-16(10-12-20)13-21-23(19-8-4-7-18(14-19)17-5-2-1-3-6-17)29-30(24(21)31)26-28-22(15-36-26)25(32)33/h1-12,14-15,26,28-29H,13H2,(H,32,33)(H2,27,34,35). The minimum atomic E-state index is -3.84. The quantitative estimate of drug-likeness (QED) is 0.284. The maximum atomic E-state index is 13.6. The lowest BCUT2D eigenvalue weighted by molar-refractivity contribution is -0.133. The van der Waals surface area contributed by atoms with E-state index < -0.39 is 21.5 Å². The number of primary sulfonamides is 1. The molecule has 0 saturated carbocycles. The van der Waals surface area contributed by atoms with E-state index in [1.165, 1.54) is 34.0 Å². The van der Waals surface area contributed by atoms with Gasteiger partial charge in [0.1, 0.15) is 5.70 Å². The Labute approximate surface area is 216 Å². The molecule has 5 N–H and O–H groups in total. The molecular weight excluding hydrogens is 512 g/mol. The molecule has 1 aliphatic heterocycles. The van der Waals surface area contributed by atoms with Crippen LogP contribution in [0, 0.1) is 0 Å². The van der Waals surface area contributed by atoms with E-state index in [2.05, 4.69) is 10.4 Å². The molecule has 2 heterocycles. The van der Waals surface area contributed by atoms with E-state index in [4.69, 9.17) is 5.14 Å². The number of hydrogen-bond donors (Lipinski definition) is 4. The summed E-state index contributed by atoms with van der Waals surface area (Å²) in [5.74, 6) is -1.11. The number of aromatic amines is 1. The number of carboxylic acids is 1. The number of sulfonamides is 1. The number of nitrogens with two attached hydrogens (primary N) is 1. The Morgan fingerprint density at radius 3 is 2.30 bits per heavy atom. The van der Waals surface area contributed by atoms with Crippen LogP contribution in [0.1, 0.15) is 16.6 Å². The Bertz CT molecular complexity index is 1670. The van der Waals surface area contributed by atoms with Crippen LogP contribution in [0.3, 0.4) is 0 Å². The molecule has 1 atom stereocenters. The van der Waals surface area contributed by atoms with Gasteiger partial charge in [0.05, 0.1) is 10.6 Å². The maximum absolute atomic E-state index is 13.6. The first-order valence-electron chi connectivity index (χ1n) is 11.2. The lowest BCUT2D eigenvalue weighted by Crippen LogP contribution is -2.30. The van der Waals surface area contributed by atoms with Crippen LogP contribution < -0.4 is 16.0 Å². The minimum Gasteiger partial charge on any atom is -0.477 e. The van der Waals surface area contributed by atoms with Crippen molar-refractivity contribution in [3.05, 3.63) is 111 Å². The molecule has 0 fully saturated rings. The fourth-order valence-corrected chi connectivity index (χ4v) is 5.53. The van der Waals surface area contributed by atoms with Crippen molar-refractivity contribution in [2.75, 3.05) is 0 Å². The molecule has 11 heteroatoms. The van der Waals surface area contributed by atoms with E-state index in [-0.39, 0.29) is 22.6 Å². The Hall–Kier alpha value is -4.06. The molecule has 0 saturated heterocycles. The topological polar surface area (TPSA) is 147 Å². The molecule has 0 aliphatic carbocycles. The van der Waals surface area contributed by atoms with Crippen LogP contribution in [-0.4, -0.2) is 29.3 Å². The van der Waals surface area contributed by atoms with Gasteiger partial charge in [-0.2, -0.15) is 0 Å². The third-order valence-electron chi connectivity index (χ3n) is 5.96. The van der Waals surface area contributed by atoms with Gasteiger partial charge in [0.2, 0.25) is 10.0 Å². The third-order valence-corrected chi connectivity index (χ3v) is 7.85. The molecule has 1 unspecified atom stereocenters. The van der Waals surface area contributed by atoms with E-state index >= 15 is 0 Å². The van der Waals surface area contributed by atoms with Gasteiger partial charge in [-0.05, 0) is 34.9 Å². The van der Waals surface area contributed by atoms with E-state index in [0.29, 0.717) is 16.8 Å². The second-order valence-corrected chi connectivity index (χ2v) is 10.9. The number of carbonyl (C=O) groups is 1. The fourth-order valence-electron chi connectivity index (χ4n) is 4.12. The molecule has 0 spiro atoms. The highest BCUT2D eigenvalue weighted by atomic mass is 32.2. The Morgan fingerprint density at radius 2 is 1.65 bits per heavy atom. The summed E-state index contributed by atoms with van der Waals surface area (Å²) in [4.78, 5) is 25.0. The summed E-state index contributed by atoms with van der Waals surface area (Å²) < 4.78 is 24.6. The van der Waals surface area contributed by atoms with Crippen LogP contribution in [0.2, 0.25) is 0 Å². The van der Waals surface area contributed by atoms with Crippen molar-refractivity contribution in [2.45, 2.75) is 16.8 Å². The number of benzene rings is 3. The molecule has 5 rings (SSSR count). The van der Waals surface area contributed by atoms with Gasteiger partial charge in [0, 0.05) is 23.0 Å². The zero-order valence-electron chi connectivity index (χ0n) is 19.3. The molecular formula is C26H22N4O5S2. The monoisotopic (exact) mass is 534 g/mol. The summed E-state index contributed by atoms with van der Waals surface area (Å²) in [6.45, 7) is 0. The van der Waals surface area contributed by atoms with E-state index in [1.54, 1.807) is 12.1 Å². The van der Waals surface area contributed by atoms with Gasteiger partial charge >= 0.3 is 5.97 Å². The molecule has 1 aliphatic rings. The molecule has 1 aromatic heterocycles. The fraction of sp³-hybridized carbons (Fsp3) is 0.0769. The van der Waals surface area contributed by atoms with Crippen molar-refractivity contribution in [1.29, 1.82) is 0 Å². The largest absolute Gasteiger partial charge is 0.477 e. The van der Waals surface area contributed by atoms with Gasteiger partial charge < -0.3 is 10.4 Å². The number of hydrogen-bond acceptors (Lipinski definition) is 6. The Morgan fingerprint density at radius 1 is 0.973 bits per heavy atom. The van der Waals surface area contributed by atoms with Crippen molar-refractivity contribution in [3.8, 4) is 22.4 Å². The van der Waals surface area contributed by atoms with Gasteiger partial charge in [-0.1, -0.05) is 72.4 Å². The highest BCUT2D eigenvalue weighted by molar-refractivity contribution is 8.02. The average molecular weight is 535 g/mol. The van der Waals surface area contributed by atoms with Crippen molar-refractivity contribution in [1.82, 2.24) is 15.1 Å². The Kier molecular flexibility index (Phi) is 6.50. The molecule has 188 valence electrons. The van der Waals surface area contributed by atoms with Gasteiger partial charge in [-0.3, -0.25) is 9.89 Å². The van der Waals surface area contributed by atoms with Crippen molar-refractivity contribution < 1.29 is 18.3 Å². The summed E-state index contributed by atoms with van der Waals surface area (Å²) in [5.41, 5.74) is 3.56. The first kappa shape index (κ1) is 24.6. The third kappa shape index (κ3) is 5.10. The summed E-state index contributed by atoms with van der Waals surface area (Å²) in [6, 6.07) is 23.7. The normalized spacial score (nSPS) is 15.3. The van der Waals surface area contributed by atoms with Gasteiger partial charge in [-0.15, -0.1) is 0 Å². The molecule has 37 heavy (non-hydrogen) atoms.